The highest BCUT2D eigenvalue weighted by molar-refractivity contribution is 5.07. The molecule has 2 heterocycles. The van der Waals surface area contributed by atoms with Gasteiger partial charge in [0, 0.05) is 43.8 Å². The predicted molar refractivity (Wildman–Crippen MR) is 64.2 cm³/mol. The summed E-state index contributed by atoms with van der Waals surface area (Å²) in [6.07, 6.45) is 5.67. The third-order valence-electron chi connectivity index (χ3n) is 2.69. The molecule has 5 heteroatoms. The molecule has 1 N–H and O–H groups in total. The van der Waals surface area contributed by atoms with Gasteiger partial charge in [0.05, 0.1) is 12.7 Å². The van der Waals surface area contributed by atoms with Gasteiger partial charge in [0.25, 0.3) is 0 Å². The van der Waals surface area contributed by atoms with Gasteiger partial charge in [-0.2, -0.15) is 5.10 Å². The lowest BCUT2D eigenvalue weighted by Crippen LogP contribution is -2.14. The fourth-order valence-electron chi connectivity index (χ4n) is 1.72. The van der Waals surface area contributed by atoms with Gasteiger partial charge in [0.2, 0.25) is 0 Å². The van der Waals surface area contributed by atoms with Crippen molar-refractivity contribution in [3.63, 3.8) is 0 Å². The van der Waals surface area contributed by atoms with Crippen LogP contribution in [0.25, 0.3) is 0 Å². The van der Waals surface area contributed by atoms with E-state index in [1.165, 1.54) is 5.69 Å². The van der Waals surface area contributed by atoms with Crippen molar-refractivity contribution < 1.29 is 4.39 Å². The van der Waals surface area contributed by atoms with Crippen molar-refractivity contribution in [2.75, 3.05) is 6.67 Å². The zero-order chi connectivity index (χ0) is 12.1. The molecule has 0 aliphatic heterocycles. The largest absolute Gasteiger partial charge is 0.353 e. The van der Waals surface area contributed by atoms with Gasteiger partial charge in [-0.3, -0.25) is 4.68 Å². The summed E-state index contributed by atoms with van der Waals surface area (Å²) in [5.74, 6) is 0. The summed E-state index contributed by atoms with van der Waals surface area (Å²) < 4.78 is 15.8. The quantitative estimate of drug-likeness (QED) is 0.824. The summed E-state index contributed by atoms with van der Waals surface area (Å²) in [5, 5.41) is 7.40. The Kier molecular flexibility index (Phi) is 3.93. The number of alkyl halides is 1. The van der Waals surface area contributed by atoms with Gasteiger partial charge in [-0.15, -0.1) is 0 Å². The maximum Gasteiger partial charge on any atom is 0.109 e. The summed E-state index contributed by atoms with van der Waals surface area (Å²) in [6, 6.07) is 4.11. The van der Waals surface area contributed by atoms with Gasteiger partial charge in [0.15, 0.2) is 0 Å². The fourth-order valence-corrected chi connectivity index (χ4v) is 1.72. The first kappa shape index (κ1) is 11.9. The number of aryl methyl sites for hydroxylation is 2. The highest BCUT2D eigenvalue weighted by Gasteiger charge is 2.00. The minimum absolute atomic E-state index is 0.331. The molecule has 0 atom stereocenters. The zero-order valence-corrected chi connectivity index (χ0v) is 9.93. The molecule has 0 radical (unpaired) electrons. The van der Waals surface area contributed by atoms with Crippen molar-refractivity contribution in [1.29, 1.82) is 0 Å². The van der Waals surface area contributed by atoms with Crippen LogP contribution < -0.4 is 5.32 Å². The van der Waals surface area contributed by atoms with E-state index in [-0.39, 0.29) is 6.67 Å². The molecule has 0 saturated carbocycles. The smallest absolute Gasteiger partial charge is 0.109 e. The second kappa shape index (κ2) is 5.63. The van der Waals surface area contributed by atoms with Crippen LogP contribution in [0.5, 0.6) is 0 Å². The first-order chi connectivity index (χ1) is 8.29. The van der Waals surface area contributed by atoms with Crippen molar-refractivity contribution in [3.05, 3.63) is 42.0 Å². The highest BCUT2D eigenvalue weighted by atomic mass is 19.1. The number of nitrogens with one attached hydrogen (secondary N) is 1. The standard InChI is InChI=1S/C12H17FN4/c1-16-5-2-3-12(16)9-14-7-11-8-15-17(10-11)6-4-13/h2-3,5,8,10,14H,4,6-7,9H2,1H3. The molecular weight excluding hydrogens is 219 g/mol. The van der Waals surface area contributed by atoms with Crippen LogP contribution in [0.2, 0.25) is 0 Å². The number of hydrogen-bond donors (Lipinski definition) is 1. The second-order valence-corrected chi connectivity index (χ2v) is 4.01. The molecule has 17 heavy (non-hydrogen) atoms. The molecular formula is C12H17FN4. The topological polar surface area (TPSA) is 34.8 Å². The Morgan fingerprint density at radius 3 is 3.00 bits per heavy atom. The van der Waals surface area contributed by atoms with Gasteiger partial charge >= 0.3 is 0 Å². The summed E-state index contributed by atoms with van der Waals surface area (Å²) in [6.45, 7) is 1.52. The lowest BCUT2D eigenvalue weighted by molar-refractivity contribution is 0.427. The van der Waals surface area contributed by atoms with Crippen molar-refractivity contribution >= 4 is 0 Å². The lowest BCUT2D eigenvalue weighted by atomic mass is 10.3. The SMILES string of the molecule is Cn1cccc1CNCc1cnn(CCF)c1. The number of nitrogens with zero attached hydrogens (tertiary/aromatic N) is 3. The Hall–Kier alpha value is -1.62. The lowest BCUT2D eigenvalue weighted by Gasteiger charge is -2.04. The molecule has 0 aliphatic carbocycles. The molecule has 92 valence electrons. The van der Waals surface area contributed by atoms with E-state index in [2.05, 4.69) is 21.0 Å². The van der Waals surface area contributed by atoms with Gasteiger partial charge < -0.3 is 9.88 Å². The van der Waals surface area contributed by atoms with Gasteiger partial charge in [-0.25, -0.2) is 4.39 Å². The van der Waals surface area contributed by atoms with Crippen LogP contribution in [0.3, 0.4) is 0 Å². The Labute approximate surface area is 100 Å². The zero-order valence-electron chi connectivity index (χ0n) is 9.93. The van der Waals surface area contributed by atoms with Crippen LogP contribution in [0.4, 0.5) is 4.39 Å². The second-order valence-electron chi connectivity index (χ2n) is 4.01. The molecule has 0 bridgehead atoms. The maximum absolute atomic E-state index is 12.1. The number of hydrogen-bond acceptors (Lipinski definition) is 2. The van der Waals surface area contributed by atoms with E-state index >= 15 is 0 Å². The van der Waals surface area contributed by atoms with Gasteiger partial charge in [-0.05, 0) is 12.1 Å². The first-order valence-corrected chi connectivity index (χ1v) is 5.68. The van der Waals surface area contributed by atoms with E-state index in [4.69, 9.17) is 0 Å². The maximum atomic E-state index is 12.1. The van der Waals surface area contributed by atoms with Crippen LogP contribution in [0.15, 0.2) is 30.7 Å². The van der Waals surface area contributed by atoms with E-state index in [0.29, 0.717) is 6.54 Å². The average Bonchev–Trinajstić information content (AvgIpc) is 2.90. The van der Waals surface area contributed by atoms with Crippen LogP contribution in [0.1, 0.15) is 11.3 Å². The monoisotopic (exact) mass is 236 g/mol. The molecule has 4 nitrogen and oxygen atoms in total. The number of aromatic nitrogens is 3. The van der Waals surface area contributed by atoms with E-state index < -0.39 is 0 Å². The van der Waals surface area contributed by atoms with Gasteiger partial charge in [0.1, 0.15) is 6.67 Å². The van der Waals surface area contributed by atoms with Crippen molar-refractivity contribution in [1.82, 2.24) is 19.7 Å². The molecule has 2 rings (SSSR count). The third kappa shape index (κ3) is 3.17. The van der Waals surface area contributed by atoms with Crippen molar-refractivity contribution in [2.45, 2.75) is 19.6 Å². The van der Waals surface area contributed by atoms with E-state index in [1.54, 1.807) is 10.9 Å². The molecule has 0 aliphatic rings. The normalized spacial score (nSPS) is 10.9. The Bertz CT molecular complexity index is 461. The molecule has 0 aromatic carbocycles. The molecule has 0 fully saturated rings. The summed E-state index contributed by atoms with van der Waals surface area (Å²) in [5.41, 5.74) is 2.31. The van der Waals surface area contributed by atoms with E-state index in [9.17, 15) is 4.39 Å². The summed E-state index contributed by atoms with van der Waals surface area (Å²) in [7, 11) is 2.02. The predicted octanol–water partition coefficient (Wildman–Crippen LogP) is 1.48. The number of halogens is 1. The molecule has 2 aromatic rings. The molecule has 2 aromatic heterocycles. The summed E-state index contributed by atoms with van der Waals surface area (Å²) >= 11 is 0. The number of rotatable bonds is 6. The van der Waals surface area contributed by atoms with Gasteiger partial charge in [-0.1, -0.05) is 0 Å². The Morgan fingerprint density at radius 2 is 2.29 bits per heavy atom. The highest BCUT2D eigenvalue weighted by Crippen LogP contribution is 2.01. The van der Waals surface area contributed by atoms with Crippen LogP contribution in [-0.4, -0.2) is 21.0 Å². The average molecular weight is 236 g/mol. The van der Waals surface area contributed by atoms with E-state index in [0.717, 1.165) is 18.7 Å². The molecule has 0 amide bonds. The van der Waals surface area contributed by atoms with Crippen molar-refractivity contribution in [2.24, 2.45) is 7.05 Å². The third-order valence-corrected chi connectivity index (χ3v) is 2.69. The van der Waals surface area contributed by atoms with Crippen LogP contribution >= 0.6 is 0 Å². The molecule has 0 saturated heterocycles. The van der Waals surface area contributed by atoms with Crippen LogP contribution in [-0.2, 0) is 26.7 Å². The minimum atomic E-state index is -0.377. The summed E-state index contributed by atoms with van der Waals surface area (Å²) in [4.78, 5) is 0. The Balaban J connectivity index is 1.80. The van der Waals surface area contributed by atoms with E-state index in [1.807, 2.05) is 25.5 Å². The van der Waals surface area contributed by atoms with Crippen LogP contribution in [0, 0.1) is 0 Å². The first-order valence-electron chi connectivity index (χ1n) is 5.68. The Morgan fingerprint density at radius 1 is 1.41 bits per heavy atom. The molecule has 0 unspecified atom stereocenters. The van der Waals surface area contributed by atoms with Crippen molar-refractivity contribution in [3.8, 4) is 0 Å². The molecule has 0 spiro atoms. The fraction of sp³-hybridized carbons (Fsp3) is 0.417. The minimum Gasteiger partial charge on any atom is -0.353 e.